The lowest BCUT2D eigenvalue weighted by molar-refractivity contribution is -0.187. The molecule has 1 saturated heterocycles. The molecule has 2 aromatic carbocycles. The lowest BCUT2D eigenvalue weighted by Crippen LogP contribution is -2.55. The molecule has 1 saturated carbocycles. The molecule has 2 atom stereocenters. The average Bonchev–Trinajstić information content (AvgIpc) is 3.34. The molecule has 9 heteroatoms. The summed E-state index contributed by atoms with van der Waals surface area (Å²) in [5.41, 5.74) is 1.34. The number of aliphatic hydroxyl groups is 1. The number of aliphatic hydroxyl groups excluding tert-OH is 1. The van der Waals surface area contributed by atoms with Crippen molar-refractivity contribution in [1.82, 2.24) is 10.6 Å². The van der Waals surface area contributed by atoms with Crippen molar-refractivity contribution in [2.75, 3.05) is 19.8 Å². The van der Waals surface area contributed by atoms with E-state index in [0.717, 1.165) is 11.6 Å². The molecule has 4 rings (SSSR count). The van der Waals surface area contributed by atoms with Gasteiger partial charge in [-0.2, -0.15) is 0 Å². The molecule has 2 aromatic rings. The molecular weight excluding hydrogens is 542 g/mol. The molecule has 3 N–H and O–H groups in total. The monoisotopic (exact) mass is 588 g/mol. The molecule has 0 unspecified atom stereocenters. The average molecular weight is 589 g/mol. The zero-order valence-corrected chi connectivity index (χ0v) is 25.7. The second kappa shape index (κ2) is 12.6. The van der Waals surface area contributed by atoms with Gasteiger partial charge < -0.3 is 30.0 Å². The SMILES string of the molecule is CC(C)(C)OC(=O)N[C@@H](Cc1cc(F)cc(F)c1)[C@H](O)CNC1(c2cccc(C(C)(C)C)c2)CCC2(CC1)OCCO2. The Labute approximate surface area is 248 Å². The molecule has 232 valence electrons. The van der Waals surface area contributed by atoms with E-state index in [-0.39, 0.29) is 18.4 Å². The highest BCUT2D eigenvalue weighted by atomic mass is 19.1. The summed E-state index contributed by atoms with van der Waals surface area (Å²) in [4.78, 5) is 12.7. The van der Waals surface area contributed by atoms with Gasteiger partial charge in [0.05, 0.1) is 25.4 Å². The van der Waals surface area contributed by atoms with Crippen molar-refractivity contribution in [1.29, 1.82) is 0 Å². The number of hydrogen-bond donors (Lipinski definition) is 3. The van der Waals surface area contributed by atoms with Crippen LogP contribution in [0.15, 0.2) is 42.5 Å². The lowest BCUT2D eigenvalue weighted by atomic mass is 9.72. The quantitative estimate of drug-likeness (QED) is 0.358. The third-order valence-corrected chi connectivity index (χ3v) is 8.15. The van der Waals surface area contributed by atoms with Crippen molar-refractivity contribution in [3.8, 4) is 0 Å². The minimum atomic E-state index is -1.10. The first kappa shape index (κ1) is 32.3. The normalized spacial score (nSPS) is 19.8. The fourth-order valence-corrected chi connectivity index (χ4v) is 5.86. The Morgan fingerprint density at radius 3 is 2.17 bits per heavy atom. The molecule has 2 fully saturated rings. The van der Waals surface area contributed by atoms with Crippen molar-refractivity contribution >= 4 is 6.09 Å². The van der Waals surface area contributed by atoms with Gasteiger partial charge in [0, 0.05) is 31.0 Å². The molecule has 42 heavy (non-hydrogen) atoms. The van der Waals surface area contributed by atoms with E-state index in [4.69, 9.17) is 14.2 Å². The molecule has 1 spiro atoms. The Bertz CT molecular complexity index is 1200. The largest absolute Gasteiger partial charge is 0.444 e. The zero-order chi connectivity index (χ0) is 30.8. The van der Waals surface area contributed by atoms with Crippen LogP contribution in [0.1, 0.15) is 83.9 Å². The number of rotatable bonds is 8. The number of ether oxygens (including phenoxy) is 3. The van der Waals surface area contributed by atoms with E-state index in [1.165, 1.54) is 17.7 Å². The molecule has 2 aliphatic rings. The zero-order valence-electron chi connectivity index (χ0n) is 25.7. The Balaban J connectivity index is 1.58. The highest BCUT2D eigenvalue weighted by Crippen LogP contribution is 2.45. The lowest BCUT2D eigenvalue weighted by Gasteiger charge is -2.45. The van der Waals surface area contributed by atoms with Crippen LogP contribution in [0.2, 0.25) is 0 Å². The minimum absolute atomic E-state index is 0.00801. The number of amides is 1. The number of carbonyl (C=O) groups is 1. The Morgan fingerprint density at radius 2 is 1.60 bits per heavy atom. The third kappa shape index (κ3) is 8.28. The molecular formula is C33H46F2N2O5. The number of alkyl carbamates (subject to hydrolysis) is 1. The summed E-state index contributed by atoms with van der Waals surface area (Å²) in [6.07, 6.45) is 1.01. The predicted molar refractivity (Wildman–Crippen MR) is 157 cm³/mol. The second-order valence-corrected chi connectivity index (χ2v) is 13.7. The smallest absolute Gasteiger partial charge is 0.407 e. The van der Waals surface area contributed by atoms with Gasteiger partial charge in [-0.15, -0.1) is 0 Å². The van der Waals surface area contributed by atoms with Crippen LogP contribution in [0.25, 0.3) is 0 Å². The van der Waals surface area contributed by atoms with Crippen LogP contribution in [0.4, 0.5) is 13.6 Å². The Morgan fingerprint density at radius 1 is 0.976 bits per heavy atom. The maximum Gasteiger partial charge on any atom is 0.407 e. The second-order valence-electron chi connectivity index (χ2n) is 13.7. The van der Waals surface area contributed by atoms with Gasteiger partial charge in [-0.3, -0.25) is 0 Å². The van der Waals surface area contributed by atoms with Crippen molar-refractivity contribution in [2.45, 2.75) is 108 Å². The molecule has 0 radical (unpaired) electrons. The standard InChI is InChI=1S/C33H46F2N2O5/c1-30(2,3)23-8-7-9-24(19-23)32(10-12-33(13-11-32)40-14-15-41-33)36-21-28(38)27(37-29(39)42-31(4,5)6)18-22-16-25(34)20-26(35)17-22/h7-9,16-17,19-20,27-28,36,38H,10-15,18,21H2,1-6H3,(H,37,39)/t27-,28+/m0/s1. The van der Waals surface area contributed by atoms with Crippen LogP contribution in [-0.2, 0) is 31.6 Å². The molecule has 0 aromatic heterocycles. The van der Waals surface area contributed by atoms with Gasteiger partial charge in [-0.1, -0.05) is 45.0 Å². The van der Waals surface area contributed by atoms with Crippen LogP contribution >= 0.6 is 0 Å². The van der Waals surface area contributed by atoms with Gasteiger partial charge in [0.15, 0.2) is 5.79 Å². The van der Waals surface area contributed by atoms with Gasteiger partial charge in [0.25, 0.3) is 0 Å². The summed E-state index contributed by atoms with van der Waals surface area (Å²) in [6.45, 7) is 13.0. The van der Waals surface area contributed by atoms with Crippen LogP contribution in [0, 0.1) is 11.6 Å². The number of benzene rings is 2. The van der Waals surface area contributed by atoms with Gasteiger partial charge in [-0.25, -0.2) is 13.6 Å². The highest BCUT2D eigenvalue weighted by molar-refractivity contribution is 5.68. The Hall–Kier alpha value is -2.59. The van der Waals surface area contributed by atoms with Crippen LogP contribution in [0.5, 0.6) is 0 Å². The number of halogens is 2. The topological polar surface area (TPSA) is 89.1 Å². The maximum atomic E-state index is 14.0. The van der Waals surface area contributed by atoms with E-state index < -0.39 is 46.8 Å². The van der Waals surface area contributed by atoms with Crippen LogP contribution in [-0.4, -0.2) is 54.5 Å². The van der Waals surface area contributed by atoms with Gasteiger partial charge in [0.1, 0.15) is 17.2 Å². The summed E-state index contributed by atoms with van der Waals surface area (Å²) in [7, 11) is 0. The van der Waals surface area contributed by atoms with Crippen LogP contribution < -0.4 is 10.6 Å². The Kier molecular flexibility index (Phi) is 9.67. The first-order chi connectivity index (χ1) is 19.6. The number of carbonyl (C=O) groups excluding carboxylic acids is 1. The van der Waals surface area contributed by atoms with Crippen molar-refractivity contribution in [2.24, 2.45) is 0 Å². The van der Waals surface area contributed by atoms with E-state index in [1.807, 2.05) is 0 Å². The molecule has 1 amide bonds. The van der Waals surface area contributed by atoms with Crippen molar-refractivity contribution in [3.05, 3.63) is 70.8 Å². The van der Waals surface area contributed by atoms with Gasteiger partial charge in [-0.05, 0) is 74.3 Å². The maximum absolute atomic E-state index is 14.0. The fraction of sp³-hybridized carbons (Fsp3) is 0.606. The van der Waals surface area contributed by atoms with Crippen molar-refractivity contribution < 1.29 is 32.9 Å². The number of hydrogen-bond acceptors (Lipinski definition) is 6. The van der Waals surface area contributed by atoms with Gasteiger partial charge in [0.2, 0.25) is 0 Å². The predicted octanol–water partition coefficient (Wildman–Crippen LogP) is 5.86. The van der Waals surface area contributed by atoms with E-state index in [0.29, 0.717) is 44.5 Å². The van der Waals surface area contributed by atoms with Crippen LogP contribution in [0.3, 0.4) is 0 Å². The molecule has 1 aliphatic heterocycles. The highest BCUT2D eigenvalue weighted by Gasteiger charge is 2.47. The first-order valence-electron chi connectivity index (χ1n) is 14.8. The molecule has 0 bridgehead atoms. The summed E-state index contributed by atoms with van der Waals surface area (Å²) in [5.74, 6) is -2.02. The summed E-state index contributed by atoms with van der Waals surface area (Å²) in [5, 5.41) is 17.8. The molecule has 7 nitrogen and oxygen atoms in total. The first-order valence-corrected chi connectivity index (χ1v) is 14.8. The molecule has 1 aliphatic carbocycles. The fourth-order valence-electron chi connectivity index (χ4n) is 5.86. The van der Waals surface area contributed by atoms with E-state index in [9.17, 15) is 18.7 Å². The summed E-state index contributed by atoms with van der Waals surface area (Å²) < 4.78 is 45.4. The van der Waals surface area contributed by atoms with E-state index >= 15 is 0 Å². The van der Waals surface area contributed by atoms with Crippen molar-refractivity contribution in [3.63, 3.8) is 0 Å². The third-order valence-electron chi connectivity index (χ3n) is 8.15. The van der Waals surface area contributed by atoms with Gasteiger partial charge >= 0.3 is 6.09 Å². The number of nitrogens with one attached hydrogen (secondary N) is 2. The minimum Gasteiger partial charge on any atom is -0.444 e. The summed E-state index contributed by atoms with van der Waals surface area (Å²) >= 11 is 0. The van der Waals surface area contributed by atoms with E-state index in [2.05, 4.69) is 55.7 Å². The van der Waals surface area contributed by atoms with E-state index in [1.54, 1.807) is 20.8 Å². The summed E-state index contributed by atoms with van der Waals surface area (Å²) in [6, 6.07) is 10.8. The molecule has 1 heterocycles.